The van der Waals surface area contributed by atoms with Crippen LogP contribution in [0.25, 0.3) is 11.1 Å². The molecule has 2 rings (SSSR count). The zero-order valence-electron chi connectivity index (χ0n) is 15.8. The summed E-state index contributed by atoms with van der Waals surface area (Å²) in [6.07, 6.45) is 0. The summed E-state index contributed by atoms with van der Waals surface area (Å²) in [6.45, 7) is 1.23. The first-order valence-corrected chi connectivity index (χ1v) is 9.04. The molecule has 0 aliphatic carbocycles. The number of pyridine rings is 1. The Kier molecular flexibility index (Phi) is 7.06. The van der Waals surface area contributed by atoms with Crippen molar-refractivity contribution in [3.05, 3.63) is 38.1 Å². The summed E-state index contributed by atoms with van der Waals surface area (Å²) < 4.78 is 15.7. The molecule has 1 aromatic carbocycles. The fraction of sp³-hybridized carbons (Fsp3) is 0.222. The van der Waals surface area contributed by atoms with Gasteiger partial charge in [0.15, 0.2) is 11.5 Å². The zero-order valence-corrected chi connectivity index (χ0v) is 17.4. The van der Waals surface area contributed by atoms with Crippen LogP contribution in [0.3, 0.4) is 0 Å². The second kappa shape index (κ2) is 9.31. The topological polar surface area (TPSA) is 178 Å². The van der Waals surface area contributed by atoms with E-state index in [4.69, 9.17) is 19.9 Å². The summed E-state index contributed by atoms with van der Waals surface area (Å²) in [5.74, 6) is -3.83. The number of carboxylic acid groups (broad SMARTS) is 2. The smallest absolute Gasteiger partial charge is 0.342 e. The molecule has 0 spiro atoms. The average Bonchev–Trinajstić information content (AvgIpc) is 2.63. The number of nitrogens with one attached hydrogen (secondary N) is 1. The number of nitrogens with two attached hydrogens (primary N) is 1. The highest BCUT2D eigenvalue weighted by Gasteiger charge is 2.28. The third-order valence-corrected chi connectivity index (χ3v) is 4.50. The summed E-state index contributed by atoms with van der Waals surface area (Å²) >= 11 is 3.24. The van der Waals surface area contributed by atoms with Crippen molar-refractivity contribution in [2.45, 2.75) is 6.92 Å². The van der Waals surface area contributed by atoms with Crippen LogP contribution < -0.4 is 20.8 Å². The lowest BCUT2D eigenvalue weighted by molar-refractivity contribution is -0.141. The molecule has 0 saturated carbocycles. The molecular weight excluding hydrogens is 468 g/mol. The second-order valence-electron chi connectivity index (χ2n) is 5.77. The van der Waals surface area contributed by atoms with E-state index in [-0.39, 0.29) is 34.7 Å². The third kappa shape index (κ3) is 4.71. The van der Waals surface area contributed by atoms with Crippen LogP contribution in [0.15, 0.2) is 21.4 Å². The van der Waals surface area contributed by atoms with Crippen LogP contribution in [0.2, 0.25) is 0 Å². The maximum absolute atomic E-state index is 12.2. The average molecular weight is 485 g/mol. The number of ether oxygens (including phenoxy) is 3. The number of carboxylic acids is 2. The number of aromatic nitrogens is 1. The predicted octanol–water partition coefficient (Wildman–Crippen LogP) is 1.73. The van der Waals surface area contributed by atoms with E-state index in [0.29, 0.717) is 0 Å². The van der Waals surface area contributed by atoms with Crippen LogP contribution in [0, 0.1) is 0 Å². The van der Waals surface area contributed by atoms with Gasteiger partial charge in [-0.1, -0.05) is 15.9 Å². The lowest BCUT2D eigenvalue weighted by Gasteiger charge is -2.17. The van der Waals surface area contributed by atoms with Crippen molar-refractivity contribution in [1.29, 1.82) is 0 Å². The molecule has 30 heavy (non-hydrogen) atoms. The molecule has 0 fully saturated rings. The number of aromatic carboxylic acids is 2. The van der Waals surface area contributed by atoms with Gasteiger partial charge >= 0.3 is 17.9 Å². The summed E-state index contributed by atoms with van der Waals surface area (Å²) in [5, 5.41) is 19.1. The predicted molar refractivity (Wildman–Crippen MR) is 107 cm³/mol. The highest BCUT2D eigenvalue weighted by Crippen LogP contribution is 2.41. The number of anilines is 1. The maximum Gasteiger partial charge on any atom is 0.342 e. The molecule has 0 atom stereocenters. The van der Waals surface area contributed by atoms with Crippen molar-refractivity contribution in [2.24, 2.45) is 0 Å². The minimum atomic E-state index is -1.64. The number of carbonyl (C=O) groups excluding carboxylic acids is 1. The fourth-order valence-electron chi connectivity index (χ4n) is 2.65. The van der Waals surface area contributed by atoms with Gasteiger partial charge in [0.2, 0.25) is 0 Å². The lowest BCUT2D eigenvalue weighted by atomic mass is 9.95. The molecule has 0 aliphatic heterocycles. The van der Waals surface area contributed by atoms with Crippen molar-refractivity contribution >= 4 is 39.7 Å². The number of H-pyrrole nitrogens is 1. The minimum absolute atomic E-state index is 0.000428. The van der Waals surface area contributed by atoms with E-state index in [1.807, 2.05) is 4.98 Å². The third-order valence-electron chi connectivity index (χ3n) is 3.84. The van der Waals surface area contributed by atoms with Crippen molar-refractivity contribution in [1.82, 2.24) is 4.98 Å². The van der Waals surface area contributed by atoms with E-state index >= 15 is 0 Å². The molecule has 0 radical (unpaired) electrons. The minimum Gasteiger partial charge on any atom is -0.493 e. The molecule has 12 heteroatoms. The molecule has 1 aromatic heterocycles. The maximum atomic E-state index is 12.2. The molecule has 0 amide bonds. The van der Waals surface area contributed by atoms with Gasteiger partial charge < -0.3 is 35.1 Å². The molecule has 0 bridgehead atoms. The first-order chi connectivity index (χ1) is 14.1. The quantitative estimate of drug-likeness (QED) is 0.318. The Morgan fingerprint density at radius 1 is 1.10 bits per heavy atom. The Labute approximate surface area is 177 Å². The number of methoxy groups -OCH3 is 1. The molecule has 11 nitrogen and oxygen atoms in total. The summed E-state index contributed by atoms with van der Waals surface area (Å²) in [6, 6.07) is 2.70. The number of carbonyl (C=O) groups is 3. The van der Waals surface area contributed by atoms with Crippen LogP contribution in [0.1, 0.15) is 27.6 Å². The SMILES string of the molecule is COc1cc(-c2c(C(=O)O)c(N)[nH]c(=O)c2C(=O)O)c(Br)cc1OCCOC(C)=O. The largest absolute Gasteiger partial charge is 0.493 e. The summed E-state index contributed by atoms with van der Waals surface area (Å²) in [4.78, 5) is 48.5. The van der Waals surface area contributed by atoms with Crippen molar-refractivity contribution in [3.8, 4) is 22.6 Å². The number of esters is 1. The number of aromatic amines is 1. The molecule has 5 N–H and O–H groups in total. The zero-order chi connectivity index (χ0) is 22.6. The Morgan fingerprint density at radius 2 is 1.73 bits per heavy atom. The van der Waals surface area contributed by atoms with Gasteiger partial charge in [0, 0.05) is 22.5 Å². The van der Waals surface area contributed by atoms with Gasteiger partial charge in [0.25, 0.3) is 5.56 Å². The van der Waals surface area contributed by atoms with Crippen molar-refractivity contribution in [3.63, 3.8) is 0 Å². The number of benzene rings is 1. The lowest BCUT2D eigenvalue weighted by Crippen LogP contribution is -2.24. The number of halogens is 1. The van der Waals surface area contributed by atoms with E-state index in [2.05, 4.69) is 15.9 Å². The van der Waals surface area contributed by atoms with E-state index < -0.39 is 46.0 Å². The van der Waals surface area contributed by atoms with Crippen molar-refractivity contribution < 1.29 is 38.8 Å². The first-order valence-electron chi connectivity index (χ1n) is 8.24. The normalized spacial score (nSPS) is 10.4. The van der Waals surface area contributed by atoms with Crippen LogP contribution >= 0.6 is 15.9 Å². The van der Waals surface area contributed by atoms with Gasteiger partial charge in [-0.25, -0.2) is 9.59 Å². The molecule has 0 saturated heterocycles. The highest BCUT2D eigenvalue weighted by molar-refractivity contribution is 9.10. The van der Waals surface area contributed by atoms with E-state index in [9.17, 15) is 29.4 Å². The molecule has 0 aliphatic rings. The van der Waals surface area contributed by atoms with Gasteiger partial charge in [-0.2, -0.15) is 0 Å². The molecular formula is C18H17BrN2O9. The van der Waals surface area contributed by atoms with Gasteiger partial charge in [0.1, 0.15) is 30.2 Å². The van der Waals surface area contributed by atoms with Gasteiger partial charge in [-0.3, -0.25) is 9.59 Å². The molecule has 1 heterocycles. The van der Waals surface area contributed by atoms with Crippen molar-refractivity contribution in [2.75, 3.05) is 26.1 Å². The first kappa shape index (κ1) is 22.7. The summed E-state index contributed by atoms with van der Waals surface area (Å²) in [7, 11) is 1.31. The van der Waals surface area contributed by atoms with Crippen LogP contribution in [0.4, 0.5) is 5.82 Å². The molecule has 0 unspecified atom stereocenters. The van der Waals surface area contributed by atoms with E-state index in [1.54, 1.807) is 0 Å². The monoisotopic (exact) mass is 484 g/mol. The Morgan fingerprint density at radius 3 is 2.27 bits per heavy atom. The number of nitrogen functional groups attached to an aromatic ring is 1. The molecule has 2 aromatic rings. The number of rotatable bonds is 8. The standard InChI is InChI=1S/C18H17BrN2O9/c1-7(22)29-3-4-30-11-6-9(19)8(5-10(11)28-2)12-13(17(24)25)15(20)21-16(23)14(12)18(26)27/h5-6H,3-4H2,1-2H3,(H,24,25)(H,26,27)(H3,20,21,23). The Hall–Kier alpha value is -3.54. The van der Waals surface area contributed by atoms with Crippen LogP contribution in [0.5, 0.6) is 11.5 Å². The van der Waals surface area contributed by atoms with E-state index in [1.165, 1.54) is 26.2 Å². The Balaban J connectivity index is 2.67. The van der Waals surface area contributed by atoms with E-state index in [0.717, 1.165) is 0 Å². The van der Waals surface area contributed by atoms with Crippen LogP contribution in [-0.2, 0) is 9.53 Å². The van der Waals surface area contributed by atoms with Gasteiger partial charge in [0.05, 0.1) is 7.11 Å². The summed E-state index contributed by atoms with van der Waals surface area (Å²) in [5.41, 5.74) is 2.84. The number of hydrogen-bond donors (Lipinski definition) is 4. The van der Waals surface area contributed by atoms with Gasteiger partial charge in [-0.05, 0) is 12.1 Å². The number of hydrogen-bond acceptors (Lipinski definition) is 8. The molecule has 160 valence electrons. The highest BCUT2D eigenvalue weighted by atomic mass is 79.9. The Bertz CT molecular complexity index is 1080. The second-order valence-corrected chi connectivity index (χ2v) is 6.63. The van der Waals surface area contributed by atoms with Gasteiger partial charge in [-0.15, -0.1) is 0 Å². The fourth-order valence-corrected chi connectivity index (χ4v) is 3.17. The van der Waals surface area contributed by atoms with Crippen LogP contribution in [-0.4, -0.2) is 53.4 Å².